The van der Waals surface area contributed by atoms with E-state index in [4.69, 9.17) is 16.3 Å². The van der Waals surface area contributed by atoms with Gasteiger partial charge in [-0.1, -0.05) is 17.7 Å². The lowest BCUT2D eigenvalue weighted by molar-refractivity contribution is 0.318. The highest BCUT2D eigenvalue weighted by molar-refractivity contribution is 7.07. The molecule has 20 heavy (non-hydrogen) atoms. The van der Waals surface area contributed by atoms with Gasteiger partial charge in [0.15, 0.2) is 0 Å². The molecule has 0 atom stereocenters. The first-order valence-corrected chi connectivity index (χ1v) is 8.29. The summed E-state index contributed by atoms with van der Waals surface area (Å²) >= 11 is 8.02. The van der Waals surface area contributed by atoms with Crippen molar-refractivity contribution in [2.75, 3.05) is 6.61 Å². The van der Waals surface area contributed by atoms with E-state index in [-0.39, 0.29) is 0 Å². The second-order valence-corrected chi connectivity index (χ2v) is 6.29. The molecule has 106 valence electrons. The van der Waals surface area contributed by atoms with Crippen molar-refractivity contribution in [3.8, 4) is 5.75 Å². The van der Waals surface area contributed by atoms with Crippen LogP contribution >= 0.6 is 22.9 Å². The first-order chi connectivity index (χ1) is 9.83. The maximum atomic E-state index is 6.29. The number of ether oxygens (including phenoxy) is 1. The molecule has 1 fully saturated rings. The zero-order valence-electron chi connectivity index (χ0n) is 11.3. The zero-order valence-corrected chi connectivity index (χ0v) is 12.8. The van der Waals surface area contributed by atoms with E-state index in [1.807, 2.05) is 18.2 Å². The smallest absolute Gasteiger partial charge is 0.125 e. The molecule has 1 aromatic heterocycles. The maximum absolute atomic E-state index is 6.29. The lowest BCUT2D eigenvalue weighted by Gasteiger charge is -2.13. The minimum Gasteiger partial charge on any atom is -0.493 e. The van der Waals surface area contributed by atoms with Crippen molar-refractivity contribution in [3.63, 3.8) is 0 Å². The van der Waals surface area contributed by atoms with Gasteiger partial charge in [0.1, 0.15) is 5.75 Å². The standard InChI is InChI=1S/C16H18ClNOS/c17-15-2-1-3-16(14(15)10-18-13-4-5-13)19-8-6-12-7-9-20-11-12/h1-3,7,9,11,13,18H,4-6,8,10H2. The third-order valence-electron chi connectivity index (χ3n) is 3.45. The summed E-state index contributed by atoms with van der Waals surface area (Å²) in [5.41, 5.74) is 2.40. The third-order valence-corrected chi connectivity index (χ3v) is 4.54. The number of benzene rings is 1. The van der Waals surface area contributed by atoms with Gasteiger partial charge in [-0.3, -0.25) is 0 Å². The van der Waals surface area contributed by atoms with E-state index < -0.39 is 0 Å². The molecule has 0 aliphatic heterocycles. The second kappa shape index (κ2) is 6.61. The van der Waals surface area contributed by atoms with Crippen LogP contribution in [0.3, 0.4) is 0 Å². The Morgan fingerprint density at radius 3 is 2.95 bits per heavy atom. The Morgan fingerprint density at radius 2 is 2.20 bits per heavy atom. The van der Waals surface area contributed by atoms with Gasteiger partial charge in [-0.15, -0.1) is 0 Å². The van der Waals surface area contributed by atoms with E-state index in [1.54, 1.807) is 11.3 Å². The fourth-order valence-electron chi connectivity index (χ4n) is 2.09. The number of hydrogen-bond acceptors (Lipinski definition) is 3. The Kier molecular flexibility index (Phi) is 4.61. The molecule has 0 spiro atoms. The predicted octanol–water partition coefficient (Wildman–Crippen LogP) is 4.28. The molecule has 1 aliphatic carbocycles. The van der Waals surface area contributed by atoms with Crippen molar-refractivity contribution >= 4 is 22.9 Å². The first-order valence-electron chi connectivity index (χ1n) is 6.97. The Bertz CT molecular complexity index is 552. The summed E-state index contributed by atoms with van der Waals surface area (Å²) < 4.78 is 5.92. The molecule has 2 nitrogen and oxygen atoms in total. The second-order valence-electron chi connectivity index (χ2n) is 5.10. The van der Waals surface area contributed by atoms with Gasteiger partial charge in [-0.05, 0) is 47.4 Å². The van der Waals surface area contributed by atoms with Crippen LogP contribution in [0.1, 0.15) is 24.0 Å². The lowest BCUT2D eigenvalue weighted by atomic mass is 10.2. The highest BCUT2D eigenvalue weighted by Crippen LogP contribution is 2.28. The van der Waals surface area contributed by atoms with Gasteiger partial charge in [0.25, 0.3) is 0 Å². The molecular weight excluding hydrogens is 290 g/mol. The van der Waals surface area contributed by atoms with Crippen molar-refractivity contribution in [3.05, 3.63) is 51.2 Å². The van der Waals surface area contributed by atoms with Crippen LogP contribution in [-0.2, 0) is 13.0 Å². The Balaban J connectivity index is 1.60. The van der Waals surface area contributed by atoms with Crippen LogP contribution < -0.4 is 10.1 Å². The predicted molar refractivity (Wildman–Crippen MR) is 84.8 cm³/mol. The molecule has 3 rings (SSSR count). The van der Waals surface area contributed by atoms with Crippen LogP contribution in [0.15, 0.2) is 35.0 Å². The first kappa shape index (κ1) is 13.9. The SMILES string of the molecule is Clc1cccc(OCCc2ccsc2)c1CNC1CC1. The maximum Gasteiger partial charge on any atom is 0.125 e. The molecule has 1 N–H and O–H groups in total. The summed E-state index contributed by atoms with van der Waals surface area (Å²) in [6.07, 6.45) is 3.49. The van der Waals surface area contributed by atoms with E-state index in [0.29, 0.717) is 12.6 Å². The van der Waals surface area contributed by atoms with E-state index in [0.717, 1.165) is 29.3 Å². The summed E-state index contributed by atoms with van der Waals surface area (Å²) in [7, 11) is 0. The number of hydrogen-bond donors (Lipinski definition) is 1. The van der Waals surface area contributed by atoms with Gasteiger partial charge in [0, 0.05) is 29.6 Å². The number of thiophene rings is 1. The van der Waals surface area contributed by atoms with Gasteiger partial charge in [0.2, 0.25) is 0 Å². The summed E-state index contributed by atoms with van der Waals surface area (Å²) in [4.78, 5) is 0. The summed E-state index contributed by atoms with van der Waals surface area (Å²) in [5.74, 6) is 0.904. The molecule has 0 amide bonds. The molecule has 1 aliphatic rings. The molecule has 1 heterocycles. The average Bonchev–Trinajstić information content (AvgIpc) is 3.13. The quantitative estimate of drug-likeness (QED) is 0.824. The molecule has 0 radical (unpaired) electrons. The van der Waals surface area contributed by atoms with E-state index >= 15 is 0 Å². The van der Waals surface area contributed by atoms with Crippen LogP contribution in [-0.4, -0.2) is 12.6 Å². The number of halogens is 1. The molecule has 0 bridgehead atoms. The zero-order chi connectivity index (χ0) is 13.8. The van der Waals surface area contributed by atoms with Gasteiger partial charge in [-0.25, -0.2) is 0 Å². The highest BCUT2D eigenvalue weighted by atomic mass is 35.5. The van der Waals surface area contributed by atoms with E-state index in [9.17, 15) is 0 Å². The van der Waals surface area contributed by atoms with Crippen molar-refractivity contribution < 1.29 is 4.74 Å². The molecule has 0 saturated heterocycles. The fraction of sp³-hybridized carbons (Fsp3) is 0.375. The normalized spacial score (nSPS) is 14.4. The van der Waals surface area contributed by atoms with Crippen molar-refractivity contribution in [1.29, 1.82) is 0 Å². The molecular formula is C16H18ClNOS. The summed E-state index contributed by atoms with van der Waals surface area (Å²) in [6, 6.07) is 8.69. The third kappa shape index (κ3) is 3.75. The number of nitrogens with one attached hydrogen (secondary N) is 1. The van der Waals surface area contributed by atoms with E-state index in [1.165, 1.54) is 18.4 Å². The van der Waals surface area contributed by atoms with Crippen LogP contribution in [0.5, 0.6) is 5.75 Å². The van der Waals surface area contributed by atoms with Crippen LogP contribution in [0.2, 0.25) is 5.02 Å². The van der Waals surface area contributed by atoms with Crippen molar-refractivity contribution in [2.24, 2.45) is 0 Å². The minimum absolute atomic E-state index is 0.671. The topological polar surface area (TPSA) is 21.3 Å². The highest BCUT2D eigenvalue weighted by Gasteiger charge is 2.21. The van der Waals surface area contributed by atoms with Gasteiger partial charge in [0.05, 0.1) is 6.61 Å². The minimum atomic E-state index is 0.671. The Hall–Kier alpha value is -1.03. The average molecular weight is 308 g/mol. The summed E-state index contributed by atoms with van der Waals surface area (Å²) in [5, 5.41) is 8.54. The van der Waals surface area contributed by atoms with Gasteiger partial charge < -0.3 is 10.1 Å². The monoisotopic (exact) mass is 307 g/mol. The Labute approximate surface area is 128 Å². The Morgan fingerprint density at radius 1 is 1.30 bits per heavy atom. The largest absolute Gasteiger partial charge is 0.493 e. The molecule has 1 aromatic carbocycles. The fourth-order valence-corrected chi connectivity index (χ4v) is 3.03. The van der Waals surface area contributed by atoms with Crippen molar-refractivity contribution in [2.45, 2.75) is 31.8 Å². The van der Waals surface area contributed by atoms with Crippen LogP contribution in [0.4, 0.5) is 0 Å². The lowest BCUT2D eigenvalue weighted by Crippen LogP contribution is -2.16. The number of rotatable bonds is 7. The van der Waals surface area contributed by atoms with Gasteiger partial charge in [-0.2, -0.15) is 11.3 Å². The molecule has 2 aromatic rings. The molecule has 4 heteroatoms. The van der Waals surface area contributed by atoms with Crippen LogP contribution in [0.25, 0.3) is 0 Å². The molecule has 1 saturated carbocycles. The van der Waals surface area contributed by atoms with Crippen molar-refractivity contribution in [1.82, 2.24) is 5.32 Å². The summed E-state index contributed by atoms with van der Waals surface area (Å²) in [6.45, 7) is 1.48. The van der Waals surface area contributed by atoms with Gasteiger partial charge >= 0.3 is 0 Å². The van der Waals surface area contributed by atoms with E-state index in [2.05, 4.69) is 22.1 Å². The van der Waals surface area contributed by atoms with Crippen LogP contribution in [0, 0.1) is 0 Å². The molecule has 0 unspecified atom stereocenters.